The Morgan fingerprint density at radius 3 is 2.00 bits per heavy atom. The molecule has 1 radical (unpaired) electrons. The highest BCUT2D eigenvalue weighted by Gasteiger charge is 2.09. The number of hydrogen-bond acceptors (Lipinski definition) is 2. The molecule has 0 unspecified atom stereocenters. The average Bonchev–Trinajstić information content (AvgIpc) is 2.19. The average molecular weight is 169 g/mol. The van der Waals surface area contributed by atoms with E-state index in [0.29, 0.717) is 0 Å². The van der Waals surface area contributed by atoms with Crippen molar-refractivity contribution in [2.45, 2.75) is 0 Å². The molecule has 2 aromatic carbocycles. The summed E-state index contributed by atoms with van der Waals surface area (Å²) < 4.78 is 0. The fourth-order valence-electron chi connectivity index (χ4n) is 1.77. The van der Waals surface area contributed by atoms with Gasteiger partial charge in [0.05, 0.1) is 0 Å². The molecule has 0 saturated carbocycles. The van der Waals surface area contributed by atoms with E-state index in [2.05, 4.69) is 47.0 Å². The first kappa shape index (κ1) is 6.78. The van der Waals surface area contributed by atoms with Crippen LogP contribution in [0.3, 0.4) is 0 Å². The molecule has 3 rings (SSSR count). The third-order valence-corrected chi connectivity index (χ3v) is 2.36. The van der Waals surface area contributed by atoms with Gasteiger partial charge in [0.25, 0.3) is 0 Å². The predicted molar refractivity (Wildman–Crippen MR) is 55.5 cm³/mol. The van der Waals surface area contributed by atoms with E-state index in [1.165, 1.54) is 22.1 Å². The Bertz CT molecular complexity index is 424. The monoisotopic (exact) mass is 169 g/mol. The molecule has 0 saturated heterocycles. The maximum atomic E-state index is 3.19. The van der Waals surface area contributed by atoms with Crippen LogP contribution in [0.5, 0.6) is 0 Å². The molecule has 2 aromatic rings. The van der Waals surface area contributed by atoms with E-state index in [-0.39, 0.29) is 0 Å². The van der Waals surface area contributed by atoms with Crippen molar-refractivity contribution in [3.8, 4) is 0 Å². The van der Waals surface area contributed by atoms with Gasteiger partial charge < -0.3 is 10.6 Å². The highest BCUT2D eigenvalue weighted by atomic mass is 15.1. The van der Waals surface area contributed by atoms with E-state index >= 15 is 0 Å². The van der Waals surface area contributed by atoms with Crippen LogP contribution in [0.25, 0.3) is 10.8 Å². The molecule has 0 aromatic heterocycles. The predicted octanol–water partition coefficient (Wildman–Crippen LogP) is 2.80. The van der Waals surface area contributed by atoms with Gasteiger partial charge in [0.2, 0.25) is 0 Å². The van der Waals surface area contributed by atoms with E-state index in [4.69, 9.17) is 0 Å². The van der Waals surface area contributed by atoms with E-state index in [9.17, 15) is 0 Å². The largest absolute Gasteiger partial charge is 0.362 e. The van der Waals surface area contributed by atoms with Gasteiger partial charge in [-0.2, -0.15) is 0 Å². The molecule has 2 nitrogen and oxygen atoms in total. The molecule has 0 spiro atoms. The zero-order valence-corrected chi connectivity index (χ0v) is 7.04. The SMILES string of the molecule is [CH]1Nc2cccc3cccc(c23)N1. The fourth-order valence-corrected chi connectivity index (χ4v) is 1.77. The summed E-state index contributed by atoms with van der Waals surface area (Å²) in [5, 5.41) is 8.92. The topological polar surface area (TPSA) is 24.1 Å². The number of hydrogen-bond donors (Lipinski definition) is 2. The molecule has 1 aliphatic heterocycles. The number of nitrogens with one attached hydrogen (secondary N) is 2. The van der Waals surface area contributed by atoms with Crippen molar-refractivity contribution in [3.63, 3.8) is 0 Å². The minimum Gasteiger partial charge on any atom is -0.362 e. The Kier molecular flexibility index (Phi) is 1.25. The van der Waals surface area contributed by atoms with Gasteiger partial charge in [0.15, 0.2) is 0 Å². The lowest BCUT2D eigenvalue weighted by Gasteiger charge is -2.19. The molecular formula is C11H9N2. The third kappa shape index (κ3) is 0.886. The van der Waals surface area contributed by atoms with Crippen LogP contribution in [-0.2, 0) is 0 Å². The van der Waals surface area contributed by atoms with Crippen LogP contribution in [0, 0.1) is 6.67 Å². The second-order valence-corrected chi connectivity index (χ2v) is 3.14. The molecular weight excluding hydrogens is 160 g/mol. The quantitative estimate of drug-likeness (QED) is 0.633. The van der Waals surface area contributed by atoms with Crippen LogP contribution < -0.4 is 10.6 Å². The van der Waals surface area contributed by atoms with E-state index in [1.807, 2.05) is 6.67 Å². The van der Waals surface area contributed by atoms with Gasteiger partial charge in [-0.25, -0.2) is 0 Å². The number of rotatable bonds is 0. The molecule has 0 fully saturated rings. The van der Waals surface area contributed by atoms with Gasteiger partial charge in [0.1, 0.15) is 6.67 Å². The van der Waals surface area contributed by atoms with Crippen LogP contribution in [-0.4, -0.2) is 0 Å². The van der Waals surface area contributed by atoms with Crippen molar-refractivity contribution < 1.29 is 0 Å². The normalized spacial score (nSPS) is 13.5. The smallest absolute Gasteiger partial charge is 0.136 e. The zero-order chi connectivity index (χ0) is 8.67. The van der Waals surface area contributed by atoms with Crippen molar-refractivity contribution in [1.82, 2.24) is 0 Å². The number of benzene rings is 2. The molecule has 63 valence electrons. The molecule has 0 atom stereocenters. The van der Waals surface area contributed by atoms with Crippen LogP contribution in [0.4, 0.5) is 11.4 Å². The Labute approximate surface area is 76.6 Å². The van der Waals surface area contributed by atoms with Gasteiger partial charge in [-0.05, 0) is 17.5 Å². The zero-order valence-electron chi connectivity index (χ0n) is 7.04. The minimum atomic E-state index is 1.17. The molecule has 2 N–H and O–H groups in total. The maximum Gasteiger partial charge on any atom is 0.136 e. The van der Waals surface area contributed by atoms with Gasteiger partial charge >= 0.3 is 0 Å². The Morgan fingerprint density at radius 2 is 1.38 bits per heavy atom. The fraction of sp³-hybridized carbons (Fsp3) is 0. The Balaban J connectivity index is 2.49. The van der Waals surface area contributed by atoms with E-state index in [1.54, 1.807) is 0 Å². The maximum absolute atomic E-state index is 3.19. The van der Waals surface area contributed by atoms with Gasteiger partial charge in [0, 0.05) is 16.8 Å². The molecule has 0 amide bonds. The van der Waals surface area contributed by atoms with Crippen LogP contribution in [0.2, 0.25) is 0 Å². The van der Waals surface area contributed by atoms with Crippen molar-refractivity contribution >= 4 is 22.1 Å². The van der Waals surface area contributed by atoms with Crippen molar-refractivity contribution in [2.75, 3.05) is 10.6 Å². The highest BCUT2D eigenvalue weighted by molar-refractivity contribution is 6.04. The first-order chi connectivity index (χ1) is 6.45. The molecule has 1 aliphatic rings. The Morgan fingerprint density at radius 1 is 0.769 bits per heavy atom. The summed E-state index contributed by atoms with van der Waals surface area (Å²) in [7, 11) is 0. The van der Waals surface area contributed by atoms with Gasteiger partial charge in [-0.1, -0.05) is 24.3 Å². The molecule has 13 heavy (non-hydrogen) atoms. The van der Waals surface area contributed by atoms with Crippen LogP contribution in [0.15, 0.2) is 36.4 Å². The molecule has 0 aliphatic carbocycles. The molecule has 0 bridgehead atoms. The highest BCUT2D eigenvalue weighted by Crippen LogP contribution is 2.33. The first-order valence-electron chi connectivity index (χ1n) is 4.32. The lowest BCUT2D eigenvalue weighted by Crippen LogP contribution is -2.10. The van der Waals surface area contributed by atoms with Crippen LogP contribution >= 0.6 is 0 Å². The summed E-state index contributed by atoms with van der Waals surface area (Å²) in [6.45, 7) is 1.86. The van der Waals surface area contributed by atoms with Gasteiger partial charge in [-0.15, -0.1) is 0 Å². The lowest BCUT2D eigenvalue weighted by molar-refractivity contribution is 1.36. The van der Waals surface area contributed by atoms with Crippen molar-refractivity contribution in [2.24, 2.45) is 0 Å². The number of anilines is 2. The van der Waals surface area contributed by atoms with Crippen LogP contribution in [0.1, 0.15) is 0 Å². The van der Waals surface area contributed by atoms with Crippen molar-refractivity contribution in [1.29, 1.82) is 0 Å². The minimum absolute atomic E-state index is 1.17. The summed E-state index contributed by atoms with van der Waals surface area (Å²) in [5.74, 6) is 0. The Hall–Kier alpha value is -1.70. The van der Waals surface area contributed by atoms with E-state index < -0.39 is 0 Å². The molecule has 2 heteroatoms. The standard InChI is InChI=1S/C11H9N2/c1-3-8-4-2-6-10-11(8)9(5-1)12-7-13-10/h1-7,12-13H. The van der Waals surface area contributed by atoms with Gasteiger partial charge in [-0.3, -0.25) is 0 Å². The summed E-state index contributed by atoms with van der Waals surface area (Å²) in [6, 6.07) is 12.5. The summed E-state index contributed by atoms with van der Waals surface area (Å²) in [4.78, 5) is 0. The second-order valence-electron chi connectivity index (χ2n) is 3.14. The molecule has 1 heterocycles. The summed E-state index contributed by atoms with van der Waals surface area (Å²) in [6.07, 6.45) is 0. The third-order valence-electron chi connectivity index (χ3n) is 2.36. The van der Waals surface area contributed by atoms with Crippen molar-refractivity contribution in [3.05, 3.63) is 43.1 Å². The lowest BCUT2D eigenvalue weighted by atomic mass is 10.1. The summed E-state index contributed by atoms with van der Waals surface area (Å²) >= 11 is 0. The summed E-state index contributed by atoms with van der Waals surface area (Å²) in [5.41, 5.74) is 2.35. The van der Waals surface area contributed by atoms with E-state index in [0.717, 1.165) is 0 Å². The second kappa shape index (κ2) is 2.39. The first-order valence-corrected chi connectivity index (χ1v) is 4.32.